The largest absolute Gasteiger partial charge is 0.313 e. The molecule has 0 aromatic carbocycles. The predicted molar refractivity (Wildman–Crippen MR) is 54.7 cm³/mol. The quantitative estimate of drug-likeness (QED) is 0.719. The van der Waals surface area contributed by atoms with Gasteiger partial charge in [0.05, 0.1) is 11.8 Å². The summed E-state index contributed by atoms with van der Waals surface area (Å²) in [5, 5.41) is 12.2. The van der Waals surface area contributed by atoms with Crippen molar-refractivity contribution in [2.24, 2.45) is 0 Å². The zero-order chi connectivity index (χ0) is 10.5. The summed E-state index contributed by atoms with van der Waals surface area (Å²) in [5.41, 5.74) is 0.916. The van der Waals surface area contributed by atoms with Crippen molar-refractivity contribution in [3.63, 3.8) is 0 Å². The minimum atomic E-state index is -0.0549. The van der Waals surface area contributed by atoms with Crippen LogP contribution in [-0.4, -0.2) is 40.5 Å². The van der Waals surface area contributed by atoms with E-state index in [1.165, 1.54) is 0 Å². The molecule has 0 aliphatic carbocycles. The van der Waals surface area contributed by atoms with Crippen LogP contribution in [0.4, 0.5) is 0 Å². The van der Waals surface area contributed by atoms with Crippen LogP contribution in [0.15, 0.2) is 18.6 Å². The molecule has 2 rings (SSSR count). The highest BCUT2D eigenvalue weighted by atomic mass is 15.2. The molecule has 1 fully saturated rings. The second-order valence-corrected chi connectivity index (χ2v) is 3.52. The lowest BCUT2D eigenvalue weighted by Gasteiger charge is -2.31. The van der Waals surface area contributed by atoms with Crippen molar-refractivity contribution in [3.05, 3.63) is 24.3 Å². The lowest BCUT2D eigenvalue weighted by molar-refractivity contribution is 0.187. The van der Waals surface area contributed by atoms with Crippen LogP contribution in [0.1, 0.15) is 5.69 Å². The molecule has 1 aromatic rings. The number of hydrogen-bond donors (Lipinski definition) is 1. The highest BCUT2D eigenvalue weighted by Crippen LogP contribution is 2.06. The fraction of sp³-hybridized carbons (Fsp3) is 0.500. The summed E-state index contributed by atoms with van der Waals surface area (Å²) < 4.78 is 0. The molecule has 15 heavy (non-hydrogen) atoms. The molecule has 0 amide bonds. The minimum Gasteiger partial charge on any atom is -0.313 e. The van der Waals surface area contributed by atoms with Crippen LogP contribution >= 0.6 is 0 Å². The Morgan fingerprint density at radius 3 is 3.27 bits per heavy atom. The van der Waals surface area contributed by atoms with E-state index in [0.29, 0.717) is 6.54 Å². The molecule has 0 radical (unpaired) electrons. The van der Waals surface area contributed by atoms with Gasteiger partial charge in [0.15, 0.2) is 0 Å². The molecule has 2 heterocycles. The maximum absolute atomic E-state index is 8.97. The number of nitrogens with one attached hydrogen (secondary N) is 1. The molecule has 0 bridgehead atoms. The van der Waals surface area contributed by atoms with Gasteiger partial charge in [-0.1, -0.05) is 0 Å². The van der Waals surface area contributed by atoms with E-state index in [0.717, 1.165) is 25.3 Å². The molecular weight excluding hydrogens is 190 g/mol. The van der Waals surface area contributed by atoms with Crippen LogP contribution in [-0.2, 0) is 6.54 Å². The number of aromatic nitrogens is 2. The van der Waals surface area contributed by atoms with Crippen molar-refractivity contribution in [1.82, 2.24) is 20.2 Å². The van der Waals surface area contributed by atoms with Gasteiger partial charge in [0.1, 0.15) is 6.04 Å². The summed E-state index contributed by atoms with van der Waals surface area (Å²) in [7, 11) is 0. The van der Waals surface area contributed by atoms with Crippen molar-refractivity contribution < 1.29 is 0 Å². The van der Waals surface area contributed by atoms with E-state index in [9.17, 15) is 0 Å². The Kier molecular flexibility index (Phi) is 3.22. The molecule has 1 saturated heterocycles. The van der Waals surface area contributed by atoms with Crippen LogP contribution < -0.4 is 5.32 Å². The van der Waals surface area contributed by atoms with E-state index in [1.807, 2.05) is 0 Å². The lowest BCUT2D eigenvalue weighted by atomic mass is 10.2. The third-order valence-electron chi connectivity index (χ3n) is 2.49. The highest BCUT2D eigenvalue weighted by Gasteiger charge is 2.21. The topological polar surface area (TPSA) is 64.8 Å². The van der Waals surface area contributed by atoms with Gasteiger partial charge < -0.3 is 5.32 Å². The van der Waals surface area contributed by atoms with Gasteiger partial charge in [-0.3, -0.25) is 14.9 Å². The molecule has 1 N–H and O–H groups in total. The Balaban J connectivity index is 2.01. The first-order valence-corrected chi connectivity index (χ1v) is 4.99. The normalized spacial score (nSPS) is 22.2. The SMILES string of the molecule is N#CC1CNCCN1Cc1cnccn1. The fourth-order valence-corrected chi connectivity index (χ4v) is 1.68. The first-order chi connectivity index (χ1) is 7.40. The molecule has 1 unspecified atom stereocenters. The average molecular weight is 203 g/mol. The predicted octanol–water partition coefficient (Wildman–Crippen LogP) is -0.226. The first-order valence-electron chi connectivity index (χ1n) is 4.99. The molecule has 1 aliphatic heterocycles. The Bertz CT molecular complexity index is 345. The monoisotopic (exact) mass is 203 g/mol. The van der Waals surface area contributed by atoms with Crippen molar-refractivity contribution in [2.45, 2.75) is 12.6 Å². The molecule has 1 aromatic heterocycles. The first kappa shape index (κ1) is 10.0. The van der Waals surface area contributed by atoms with E-state index in [-0.39, 0.29) is 6.04 Å². The summed E-state index contributed by atoms with van der Waals surface area (Å²) in [6.45, 7) is 3.25. The lowest BCUT2D eigenvalue weighted by Crippen LogP contribution is -2.50. The summed E-state index contributed by atoms with van der Waals surface area (Å²) in [6.07, 6.45) is 5.08. The fourth-order valence-electron chi connectivity index (χ4n) is 1.68. The van der Waals surface area contributed by atoms with E-state index in [2.05, 4.69) is 26.3 Å². The smallest absolute Gasteiger partial charge is 0.111 e. The van der Waals surface area contributed by atoms with Crippen molar-refractivity contribution in [1.29, 1.82) is 5.26 Å². The maximum atomic E-state index is 8.97. The molecule has 0 saturated carbocycles. The van der Waals surface area contributed by atoms with E-state index >= 15 is 0 Å². The third kappa shape index (κ3) is 2.49. The zero-order valence-corrected chi connectivity index (χ0v) is 8.43. The zero-order valence-electron chi connectivity index (χ0n) is 8.43. The minimum absolute atomic E-state index is 0.0549. The van der Waals surface area contributed by atoms with Gasteiger partial charge in [0.25, 0.3) is 0 Å². The highest BCUT2D eigenvalue weighted by molar-refractivity contribution is 5.01. The Labute approximate surface area is 88.8 Å². The Morgan fingerprint density at radius 2 is 2.53 bits per heavy atom. The van der Waals surface area contributed by atoms with Gasteiger partial charge in [0, 0.05) is 44.8 Å². The summed E-state index contributed by atoms with van der Waals surface area (Å²) in [4.78, 5) is 10.3. The number of rotatable bonds is 2. The van der Waals surface area contributed by atoms with E-state index in [4.69, 9.17) is 5.26 Å². The van der Waals surface area contributed by atoms with Crippen LogP contribution in [0, 0.1) is 11.3 Å². The molecule has 78 valence electrons. The molecule has 1 atom stereocenters. The van der Waals surface area contributed by atoms with Crippen molar-refractivity contribution in [3.8, 4) is 6.07 Å². The van der Waals surface area contributed by atoms with Gasteiger partial charge in [-0.15, -0.1) is 0 Å². The van der Waals surface area contributed by atoms with Gasteiger partial charge in [-0.2, -0.15) is 5.26 Å². The van der Waals surface area contributed by atoms with Crippen molar-refractivity contribution >= 4 is 0 Å². The number of nitriles is 1. The Hall–Kier alpha value is -1.51. The number of piperazine rings is 1. The van der Waals surface area contributed by atoms with Gasteiger partial charge in [0.2, 0.25) is 0 Å². The van der Waals surface area contributed by atoms with Crippen LogP contribution in [0.25, 0.3) is 0 Å². The molecule has 5 nitrogen and oxygen atoms in total. The second kappa shape index (κ2) is 4.82. The van der Waals surface area contributed by atoms with Crippen LogP contribution in [0.3, 0.4) is 0 Å². The standard InChI is InChI=1S/C10H13N5/c11-5-10-7-13-3-4-15(10)8-9-6-12-1-2-14-9/h1-2,6,10,13H,3-4,7-8H2. The van der Waals surface area contributed by atoms with E-state index < -0.39 is 0 Å². The van der Waals surface area contributed by atoms with Gasteiger partial charge in [-0.05, 0) is 0 Å². The number of nitrogens with zero attached hydrogens (tertiary/aromatic N) is 4. The number of hydrogen-bond acceptors (Lipinski definition) is 5. The van der Waals surface area contributed by atoms with E-state index in [1.54, 1.807) is 18.6 Å². The summed E-state index contributed by atoms with van der Waals surface area (Å²) in [5.74, 6) is 0. The molecule has 5 heteroatoms. The van der Waals surface area contributed by atoms with Gasteiger partial charge in [-0.25, -0.2) is 0 Å². The summed E-state index contributed by atoms with van der Waals surface area (Å²) >= 11 is 0. The van der Waals surface area contributed by atoms with Crippen LogP contribution in [0.5, 0.6) is 0 Å². The van der Waals surface area contributed by atoms with Crippen LogP contribution in [0.2, 0.25) is 0 Å². The molecular formula is C10H13N5. The average Bonchev–Trinajstić information content (AvgIpc) is 2.31. The maximum Gasteiger partial charge on any atom is 0.111 e. The molecule has 0 spiro atoms. The Morgan fingerprint density at radius 1 is 1.60 bits per heavy atom. The van der Waals surface area contributed by atoms with Crippen molar-refractivity contribution in [2.75, 3.05) is 19.6 Å². The third-order valence-corrected chi connectivity index (χ3v) is 2.49. The molecule has 1 aliphatic rings. The second-order valence-electron chi connectivity index (χ2n) is 3.52. The summed E-state index contributed by atoms with van der Waals surface area (Å²) in [6, 6.07) is 2.23. The van der Waals surface area contributed by atoms with Gasteiger partial charge >= 0.3 is 0 Å².